The summed E-state index contributed by atoms with van der Waals surface area (Å²) in [6.45, 7) is 2.14. The summed E-state index contributed by atoms with van der Waals surface area (Å²) in [6.07, 6.45) is 5.09. The van der Waals surface area contributed by atoms with Crippen molar-refractivity contribution in [3.8, 4) is 5.82 Å². The summed E-state index contributed by atoms with van der Waals surface area (Å²) >= 11 is 0. The van der Waals surface area contributed by atoms with Crippen LogP contribution in [0.15, 0.2) is 30.6 Å². The summed E-state index contributed by atoms with van der Waals surface area (Å²) in [5.41, 5.74) is 1.43. The number of pyridine rings is 1. The second-order valence-electron chi connectivity index (χ2n) is 4.18. The van der Waals surface area contributed by atoms with Gasteiger partial charge in [0.15, 0.2) is 12.1 Å². The Labute approximate surface area is 106 Å². The first-order valence-electron chi connectivity index (χ1n) is 6.07. The van der Waals surface area contributed by atoms with Gasteiger partial charge in [0.1, 0.15) is 0 Å². The van der Waals surface area contributed by atoms with Crippen LogP contribution in [0, 0.1) is 0 Å². The molecule has 5 heteroatoms. The maximum absolute atomic E-state index is 9.11. The lowest BCUT2D eigenvalue weighted by atomic mass is 10.2. The fraction of sp³-hybridized carbons (Fsp3) is 0.385. The average molecular weight is 247 g/mol. The highest BCUT2D eigenvalue weighted by molar-refractivity contribution is 5.28. The number of aliphatic hydroxyl groups is 2. The minimum Gasteiger partial charge on any atom is -0.364 e. The Morgan fingerprint density at radius 1 is 1.33 bits per heavy atom. The van der Waals surface area contributed by atoms with E-state index in [4.69, 9.17) is 10.2 Å². The van der Waals surface area contributed by atoms with E-state index in [0.717, 1.165) is 25.0 Å². The van der Waals surface area contributed by atoms with Gasteiger partial charge >= 0.3 is 0 Å². The maximum atomic E-state index is 9.11. The van der Waals surface area contributed by atoms with Crippen molar-refractivity contribution in [2.24, 2.45) is 0 Å². The van der Waals surface area contributed by atoms with Gasteiger partial charge in [-0.2, -0.15) is 5.10 Å². The van der Waals surface area contributed by atoms with E-state index in [0.29, 0.717) is 11.4 Å². The third-order valence-corrected chi connectivity index (χ3v) is 2.73. The van der Waals surface area contributed by atoms with Gasteiger partial charge < -0.3 is 10.2 Å². The molecule has 0 saturated carbocycles. The van der Waals surface area contributed by atoms with E-state index in [1.54, 1.807) is 16.8 Å². The lowest BCUT2D eigenvalue weighted by Crippen LogP contribution is -2.02. The Kier molecular flexibility index (Phi) is 4.07. The van der Waals surface area contributed by atoms with Gasteiger partial charge in [-0.05, 0) is 31.0 Å². The standard InChI is InChI=1S/C13H17N3O2/c1-2-3-4-11-6-8-16(15-11)12-9-10(13(17)18)5-7-14-12/h5-9,13,17-18H,2-4H2,1H3. The van der Waals surface area contributed by atoms with Gasteiger partial charge in [-0.25, -0.2) is 9.67 Å². The molecule has 0 aliphatic rings. The lowest BCUT2D eigenvalue weighted by Gasteiger charge is -2.05. The van der Waals surface area contributed by atoms with Crippen molar-refractivity contribution in [3.63, 3.8) is 0 Å². The molecule has 0 aliphatic heterocycles. The summed E-state index contributed by atoms with van der Waals surface area (Å²) in [4.78, 5) is 4.16. The van der Waals surface area contributed by atoms with Gasteiger partial charge in [0, 0.05) is 18.0 Å². The Morgan fingerprint density at radius 3 is 2.89 bits per heavy atom. The molecule has 5 nitrogen and oxygen atoms in total. The van der Waals surface area contributed by atoms with Gasteiger partial charge in [0.25, 0.3) is 0 Å². The molecule has 0 saturated heterocycles. The van der Waals surface area contributed by atoms with Crippen LogP contribution in [0.2, 0.25) is 0 Å². The van der Waals surface area contributed by atoms with E-state index in [1.807, 2.05) is 12.3 Å². The molecule has 0 unspecified atom stereocenters. The van der Waals surface area contributed by atoms with Crippen LogP contribution in [0.3, 0.4) is 0 Å². The largest absolute Gasteiger partial charge is 0.364 e. The van der Waals surface area contributed by atoms with Crippen LogP contribution in [-0.4, -0.2) is 25.0 Å². The third-order valence-electron chi connectivity index (χ3n) is 2.73. The van der Waals surface area contributed by atoms with Crippen molar-refractivity contribution in [1.82, 2.24) is 14.8 Å². The number of unbranched alkanes of at least 4 members (excludes halogenated alkanes) is 1. The molecule has 2 aromatic rings. The number of aromatic nitrogens is 3. The van der Waals surface area contributed by atoms with E-state index in [1.165, 1.54) is 6.20 Å². The predicted octanol–water partition coefficient (Wildman–Crippen LogP) is 1.59. The van der Waals surface area contributed by atoms with Crippen molar-refractivity contribution in [1.29, 1.82) is 0 Å². The molecule has 0 fully saturated rings. The summed E-state index contributed by atoms with van der Waals surface area (Å²) < 4.78 is 1.65. The smallest absolute Gasteiger partial charge is 0.178 e. The molecule has 0 atom stereocenters. The SMILES string of the molecule is CCCCc1ccn(-c2cc(C(O)O)ccn2)n1. The van der Waals surface area contributed by atoms with Crippen LogP contribution in [0.5, 0.6) is 0 Å². The number of rotatable bonds is 5. The van der Waals surface area contributed by atoms with Crippen LogP contribution in [0.25, 0.3) is 5.82 Å². The highest BCUT2D eigenvalue weighted by Crippen LogP contribution is 2.13. The summed E-state index contributed by atoms with van der Waals surface area (Å²) in [5.74, 6) is 0.586. The second kappa shape index (κ2) is 5.75. The highest BCUT2D eigenvalue weighted by atomic mass is 16.5. The number of hydrogen-bond donors (Lipinski definition) is 2. The minimum absolute atomic E-state index is 0.408. The Bertz CT molecular complexity index is 508. The van der Waals surface area contributed by atoms with Crippen molar-refractivity contribution >= 4 is 0 Å². The van der Waals surface area contributed by atoms with E-state index in [9.17, 15) is 0 Å². The number of nitrogens with zero attached hydrogens (tertiary/aromatic N) is 3. The molecule has 0 amide bonds. The molecular weight excluding hydrogens is 230 g/mol. The van der Waals surface area contributed by atoms with Gasteiger partial charge in [0.05, 0.1) is 5.69 Å². The predicted molar refractivity (Wildman–Crippen MR) is 67.1 cm³/mol. The lowest BCUT2D eigenvalue weighted by molar-refractivity contribution is -0.0425. The third kappa shape index (κ3) is 2.94. The van der Waals surface area contributed by atoms with Crippen molar-refractivity contribution < 1.29 is 10.2 Å². The molecule has 96 valence electrons. The van der Waals surface area contributed by atoms with Crippen molar-refractivity contribution in [2.45, 2.75) is 32.5 Å². The molecule has 2 N–H and O–H groups in total. The molecule has 0 bridgehead atoms. The fourth-order valence-corrected chi connectivity index (χ4v) is 1.70. The Balaban J connectivity index is 2.20. The molecule has 2 aromatic heterocycles. The van der Waals surface area contributed by atoms with Crippen molar-refractivity contribution in [3.05, 3.63) is 41.9 Å². The first-order chi connectivity index (χ1) is 8.70. The summed E-state index contributed by atoms with van der Waals surface area (Å²) in [5, 5.41) is 22.6. The van der Waals surface area contributed by atoms with Gasteiger partial charge in [-0.15, -0.1) is 0 Å². The van der Waals surface area contributed by atoms with Crippen LogP contribution in [-0.2, 0) is 6.42 Å². The van der Waals surface area contributed by atoms with Gasteiger partial charge in [-0.1, -0.05) is 13.3 Å². The van der Waals surface area contributed by atoms with Crippen LogP contribution in [0.1, 0.15) is 37.3 Å². The number of hydrogen-bond acceptors (Lipinski definition) is 4. The first-order valence-corrected chi connectivity index (χ1v) is 6.07. The molecule has 18 heavy (non-hydrogen) atoms. The maximum Gasteiger partial charge on any atom is 0.178 e. The first kappa shape index (κ1) is 12.7. The molecule has 2 rings (SSSR count). The van der Waals surface area contributed by atoms with Crippen LogP contribution < -0.4 is 0 Å². The van der Waals surface area contributed by atoms with Gasteiger partial charge in [-0.3, -0.25) is 0 Å². The van der Waals surface area contributed by atoms with E-state index < -0.39 is 6.29 Å². The highest BCUT2D eigenvalue weighted by Gasteiger charge is 2.06. The number of aryl methyl sites for hydroxylation is 1. The quantitative estimate of drug-likeness (QED) is 0.787. The van der Waals surface area contributed by atoms with Crippen LogP contribution >= 0.6 is 0 Å². The zero-order chi connectivity index (χ0) is 13.0. The van der Waals surface area contributed by atoms with Crippen LogP contribution in [0.4, 0.5) is 0 Å². The number of aliphatic hydroxyl groups excluding tert-OH is 1. The topological polar surface area (TPSA) is 71.2 Å². The second-order valence-corrected chi connectivity index (χ2v) is 4.18. The minimum atomic E-state index is -1.48. The molecule has 0 aliphatic carbocycles. The fourth-order valence-electron chi connectivity index (χ4n) is 1.70. The summed E-state index contributed by atoms with van der Waals surface area (Å²) in [6, 6.07) is 5.14. The molecular formula is C13H17N3O2. The molecule has 0 spiro atoms. The van der Waals surface area contributed by atoms with E-state index in [-0.39, 0.29) is 0 Å². The molecule has 0 aromatic carbocycles. The monoisotopic (exact) mass is 247 g/mol. The average Bonchev–Trinajstić information content (AvgIpc) is 2.85. The Morgan fingerprint density at radius 2 is 2.17 bits per heavy atom. The van der Waals surface area contributed by atoms with Gasteiger partial charge in [0.2, 0.25) is 0 Å². The molecule has 0 radical (unpaired) electrons. The van der Waals surface area contributed by atoms with E-state index in [2.05, 4.69) is 17.0 Å². The van der Waals surface area contributed by atoms with Crippen molar-refractivity contribution in [2.75, 3.05) is 0 Å². The summed E-state index contributed by atoms with van der Waals surface area (Å²) in [7, 11) is 0. The molecule has 2 heterocycles. The van der Waals surface area contributed by atoms with E-state index >= 15 is 0 Å². The Hall–Kier alpha value is -1.72. The normalized spacial score (nSPS) is 11.1. The zero-order valence-electron chi connectivity index (χ0n) is 10.3. The zero-order valence-corrected chi connectivity index (χ0v) is 10.3.